The molecule has 5 heteroatoms. The van der Waals surface area contributed by atoms with Gasteiger partial charge in [0, 0.05) is 11.1 Å². The van der Waals surface area contributed by atoms with Crippen molar-refractivity contribution in [1.82, 2.24) is 4.72 Å². The van der Waals surface area contributed by atoms with Gasteiger partial charge < -0.3 is 0 Å². The molecule has 0 radical (unpaired) electrons. The van der Waals surface area contributed by atoms with Crippen LogP contribution in [0.5, 0.6) is 0 Å². The first-order valence-electron chi connectivity index (χ1n) is 7.38. The van der Waals surface area contributed by atoms with Crippen LogP contribution in [0.15, 0.2) is 66.1 Å². The topological polar surface area (TPSA) is 46.2 Å². The highest BCUT2D eigenvalue weighted by Gasteiger charge is 2.20. The number of aryl methyl sites for hydroxylation is 1. The Labute approximate surface area is 143 Å². The zero-order chi connectivity index (χ0) is 16.9. The molecule has 0 aromatic heterocycles. The standard InChI is InChI=1S/C18H20ClNO2S/c1-3-4-5-18(15-8-10-16(19)11-9-15)20-23(21,22)17-12-6-14(2)7-13-17/h3,6-13,18,20H,1,4-5H2,2H3. The van der Waals surface area contributed by atoms with Crippen LogP contribution in [-0.4, -0.2) is 8.42 Å². The van der Waals surface area contributed by atoms with Crippen LogP contribution >= 0.6 is 11.6 Å². The van der Waals surface area contributed by atoms with Crippen molar-refractivity contribution in [3.63, 3.8) is 0 Å². The number of halogens is 1. The summed E-state index contributed by atoms with van der Waals surface area (Å²) < 4.78 is 28.0. The van der Waals surface area contributed by atoms with Gasteiger partial charge in [0.25, 0.3) is 0 Å². The van der Waals surface area contributed by atoms with Gasteiger partial charge in [-0.25, -0.2) is 13.1 Å². The number of hydrogen-bond donors (Lipinski definition) is 1. The molecule has 2 rings (SSSR count). The normalized spacial score (nSPS) is 12.8. The Kier molecular flexibility index (Phi) is 5.99. The van der Waals surface area contributed by atoms with Crippen molar-refractivity contribution in [1.29, 1.82) is 0 Å². The van der Waals surface area contributed by atoms with Crippen LogP contribution in [-0.2, 0) is 10.0 Å². The van der Waals surface area contributed by atoms with Crippen LogP contribution in [0.3, 0.4) is 0 Å². The Bertz CT molecular complexity index is 753. The third-order valence-corrected chi connectivity index (χ3v) is 5.30. The molecule has 3 nitrogen and oxygen atoms in total. The lowest BCUT2D eigenvalue weighted by atomic mass is 10.0. The van der Waals surface area contributed by atoms with E-state index >= 15 is 0 Å². The van der Waals surface area contributed by atoms with E-state index in [1.54, 1.807) is 42.5 Å². The minimum absolute atomic E-state index is 0.265. The van der Waals surface area contributed by atoms with Gasteiger partial charge >= 0.3 is 0 Å². The zero-order valence-corrected chi connectivity index (χ0v) is 14.6. The third-order valence-electron chi connectivity index (χ3n) is 3.56. The molecule has 0 aliphatic rings. The predicted molar refractivity (Wildman–Crippen MR) is 95.1 cm³/mol. The summed E-state index contributed by atoms with van der Waals surface area (Å²) in [6, 6.07) is 13.7. The van der Waals surface area contributed by atoms with Gasteiger partial charge in [0.05, 0.1) is 4.90 Å². The number of allylic oxidation sites excluding steroid dienone is 1. The number of hydrogen-bond acceptors (Lipinski definition) is 2. The fraction of sp³-hybridized carbons (Fsp3) is 0.222. The van der Waals surface area contributed by atoms with Crippen molar-refractivity contribution in [2.45, 2.75) is 30.7 Å². The first-order chi connectivity index (χ1) is 10.9. The molecule has 0 fully saturated rings. The van der Waals surface area contributed by atoms with E-state index in [4.69, 9.17) is 11.6 Å². The Morgan fingerprint density at radius 1 is 1.13 bits per heavy atom. The Hall–Kier alpha value is -1.62. The molecule has 0 bridgehead atoms. The maximum absolute atomic E-state index is 12.6. The van der Waals surface area contributed by atoms with E-state index in [1.807, 2.05) is 19.1 Å². The predicted octanol–water partition coefficient (Wildman–Crippen LogP) is 4.63. The van der Waals surface area contributed by atoms with E-state index < -0.39 is 10.0 Å². The summed E-state index contributed by atoms with van der Waals surface area (Å²) in [6.45, 7) is 5.63. The number of nitrogens with one attached hydrogen (secondary N) is 1. The molecule has 2 aromatic rings. The third kappa shape index (κ3) is 4.93. The van der Waals surface area contributed by atoms with Crippen LogP contribution in [0.4, 0.5) is 0 Å². The van der Waals surface area contributed by atoms with E-state index in [1.165, 1.54) is 0 Å². The minimum Gasteiger partial charge on any atom is -0.207 e. The average Bonchev–Trinajstić information content (AvgIpc) is 2.52. The van der Waals surface area contributed by atoms with Crippen molar-refractivity contribution < 1.29 is 8.42 Å². The van der Waals surface area contributed by atoms with Crippen molar-refractivity contribution in [3.8, 4) is 0 Å². The molecule has 122 valence electrons. The lowest BCUT2D eigenvalue weighted by Crippen LogP contribution is -2.28. The average molecular weight is 350 g/mol. The molecule has 1 unspecified atom stereocenters. The van der Waals surface area contributed by atoms with Crippen molar-refractivity contribution in [3.05, 3.63) is 77.3 Å². The highest BCUT2D eigenvalue weighted by Crippen LogP contribution is 2.23. The van der Waals surface area contributed by atoms with E-state index in [0.717, 1.165) is 11.1 Å². The number of benzene rings is 2. The number of sulfonamides is 1. The highest BCUT2D eigenvalue weighted by molar-refractivity contribution is 7.89. The zero-order valence-electron chi connectivity index (χ0n) is 13.0. The first kappa shape index (κ1) is 17.7. The van der Waals surface area contributed by atoms with E-state index in [-0.39, 0.29) is 10.9 Å². The fourth-order valence-electron chi connectivity index (χ4n) is 2.25. The maximum atomic E-state index is 12.6. The summed E-state index contributed by atoms with van der Waals surface area (Å²) in [5.41, 5.74) is 1.90. The molecule has 0 aliphatic carbocycles. The van der Waals surface area contributed by atoms with Gasteiger partial charge in [0.1, 0.15) is 0 Å². The monoisotopic (exact) mass is 349 g/mol. The molecule has 1 atom stereocenters. The van der Waals surface area contributed by atoms with Crippen LogP contribution < -0.4 is 4.72 Å². The lowest BCUT2D eigenvalue weighted by Gasteiger charge is -2.19. The van der Waals surface area contributed by atoms with Crippen molar-refractivity contribution in [2.75, 3.05) is 0 Å². The molecule has 0 aliphatic heterocycles. The van der Waals surface area contributed by atoms with Crippen molar-refractivity contribution in [2.24, 2.45) is 0 Å². The largest absolute Gasteiger partial charge is 0.241 e. The van der Waals surface area contributed by atoms with Gasteiger partial charge in [-0.1, -0.05) is 47.5 Å². The quantitative estimate of drug-likeness (QED) is 0.740. The second-order valence-electron chi connectivity index (χ2n) is 5.40. The summed E-state index contributed by atoms with van der Waals surface area (Å²) in [5.74, 6) is 0. The van der Waals surface area contributed by atoms with E-state index in [0.29, 0.717) is 17.9 Å². The summed E-state index contributed by atoms with van der Waals surface area (Å²) in [6.07, 6.45) is 3.13. The molecule has 2 aromatic carbocycles. The van der Waals surface area contributed by atoms with Gasteiger partial charge in [0.2, 0.25) is 10.0 Å². The molecule has 1 N–H and O–H groups in total. The smallest absolute Gasteiger partial charge is 0.207 e. The Morgan fingerprint density at radius 3 is 2.30 bits per heavy atom. The second kappa shape index (κ2) is 7.77. The van der Waals surface area contributed by atoms with Crippen LogP contribution in [0.25, 0.3) is 0 Å². The van der Waals surface area contributed by atoms with Gasteiger partial charge in [-0.2, -0.15) is 0 Å². The van der Waals surface area contributed by atoms with E-state index in [9.17, 15) is 8.42 Å². The summed E-state index contributed by atoms with van der Waals surface area (Å²) in [4.78, 5) is 0.265. The van der Waals surface area contributed by atoms with E-state index in [2.05, 4.69) is 11.3 Å². The van der Waals surface area contributed by atoms with Gasteiger partial charge in [-0.15, -0.1) is 6.58 Å². The molecule has 0 saturated carbocycles. The minimum atomic E-state index is -3.58. The highest BCUT2D eigenvalue weighted by atomic mass is 35.5. The first-order valence-corrected chi connectivity index (χ1v) is 9.24. The van der Waals surface area contributed by atoms with Crippen LogP contribution in [0.1, 0.15) is 30.0 Å². The molecule has 0 saturated heterocycles. The summed E-state index contributed by atoms with van der Waals surface area (Å²) >= 11 is 5.91. The lowest BCUT2D eigenvalue weighted by molar-refractivity contribution is 0.542. The molecule has 0 amide bonds. The van der Waals surface area contributed by atoms with Crippen LogP contribution in [0.2, 0.25) is 5.02 Å². The van der Waals surface area contributed by atoms with Gasteiger partial charge in [-0.3, -0.25) is 0 Å². The van der Waals surface area contributed by atoms with Crippen molar-refractivity contribution >= 4 is 21.6 Å². The molecular weight excluding hydrogens is 330 g/mol. The SMILES string of the molecule is C=CCCC(NS(=O)(=O)c1ccc(C)cc1)c1ccc(Cl)cc1. The molecule has 23 heavy (non-hydrogen) atoms. The maximum Gasteiger partial charge on any atom is 0.241 e. The summed E-state index contributed by atoms with van der Waals surface area (Å²) in [7, 11) is -3.58. The van der Waals surface area contributed by atoms with Gasteiger partial charge in [0.15, 0.2) is 0 Å². The fourth-order valence-corrected chi connectivity index (χ4v) is 3.63. The summed E-state index contributed by atoms with van der Waals surface area (Å²) in [5, 5.41) is 0.623. The molecule has 0 heterocycles. The van der Waals surface area contributed by atoms with Gasteiger partial charge in [-0.05, 0) is 49.6 Å². The number of rotatable bonds is 7. The molecular formula is C18H20ClNO2S. The Morgan fingerprint density at radius 2 is 1.74 bits per heavy atom. The Balaban J connectivity index is 2.27. The molecule has 0 spiro atoms. The van der Waals surface area contributed by atoms with Crippen LogP contribution in [0, 0.1) is 6.92 Å². The second-order valence-corrected chi connectivity index (χ2v) is 7.55.